The van der Waals surface area contributed by atoms with E-state index in [1.165, 1.54) is 7.11 Å². The third-order valence-electron chi connectivity index (χ3n) is 4.20. The summed E-state index contributed by atoms with van der Waals surface area (Å²) in [6.45, 7) is 3.97. The summed E-state index contributed by atoms with van der Waals surface area (Å²) in [6.07, 6.45) is 1.56. The van der Waals surface area contributed by atoms with Crippen molar-refractivity contribution in [2.75, 3.05) is 19.0 Å². The van der Waals surface area contributed by atoms with Gasteiger partial charge in [-0.15, -0.1) is 0 Å². The Kier molecular flexibility index (Phi) is 5.78. The lowest BCUT2D eigenvalue weighted by atomic mass is 10.2. The number of carbonyl (C=O) groups is 2. The van der Waals surface area contributed by atoms with Crippen LogP contribution in [0.25, 0.3) is 0 Å². The standard InChI is InChI=1S/C20H22N4O4/c1-13-10-14(2)24(23-13)17(18-8-5-9-28-18)12-21-19(25)20(26)22-15-6-4-7-16(11-15)27-3/h4-11,17H,12H2,1-3H3,(H,21,25)(H,22,26). The smallest absolute Gasteiger partial charge is 0.313 e. The fourth-order valence-corrected chi connectivity index (χ4v) is 2.91. The van der Waals surface area contributed by atoms with E-state index in [1.807, 2.05) is 26.0 Å². The van der Waals surface area contributed by atoms with Gasteiger partial charge < -0.3 is 19.8 Å². The van der Waals surface area contributed by atoms with Crippen molar-refractivity contribution < 1.29 is 18.7 Å². The van der Waals surface area contributed by atoms with Crippen LogP contribution in [0.3, 0.4) is 0 Å². The zero-order valence-electron chi connectivity index (χ0n) is 15.9. The molecule has 28 heavy (non-hydrogen) atoms. The Labute approximate surface area is 162 Å². The van der Waals surface area contributed by atoms with Gasteiger partial charge in [-0.3, -0.25) is 14.3 Å². The minimum atomic E-state index is -0.764. The first-order chi connectivity index (χ1) is 13.5. The molecule has 0 aliphatic heterocycles. The first kappa shape index (κ1) is 19.2. The Morgan fingerprint density at radius 3 is 2.64 bits per heavy atom. The SMILES string of the molecule is COc1cccc(NC(=O)C(=O)NCC(c2ccco2)n2nc(C)cc2C)c1. The number of amides is 2. The van der Waals surface area contributed by atoms with Crippen molar-refractivity contribution in [1.29, 1.82) is 0 Å². The molecule has 0 spiro atoms. The predicted octanol–water partition coefficient (Wildman–Crippen LogP) is 2.45. The van der Waals surface area contributed by atoms with Crippen LogP contribution in [0.15, 0.2) is 53.1 Å². The van der Waals surface area contributed by atoms with Gasteiger partial charge in [-0.05, 0) is 44.2 Å². The third-order valence-corrected chi connectivity index (χ3v) is 4.20. The van der Waals surface area contributed by atoms with Crippen LogP contribution in [0.2, 0.25) is 0 Å². The minimum Gasteiger partial charge on any atom is -0.497 e. The van der Waals surface area contributed by atoms with Crippen molar-refractivity contribution in [3.8, 4) is 5.75 Å². The molecule has 0 fully saturated rings. The Morgan fingerprint density at radius 2 is 2.00 bits per heavy atom. The highest BCUT2D eigenvalue weighted by molar-refractivity contribution is 6.39. The van der Waals surface area contributed by atoms with Gasteiger partial charge in [0.25, 0.3) is 0 Å². The molecule has 8 nitrogen and oxygen atoms in total. The number of nitrogens with zero attached hydrogens (tertiary/aromatic N) is 2. The molecule has 3 aromatic rings. The van der Waals surface area contributed by atoms with Crippen LogP contribution in [0.5, 0.6) is 5.75 Å². The molecule has 0 bridgehead atoms. The fourth-order valence-electron chi connectivity index (χ4n) is 2.91. The number of furan rings is 1. The molecule has 2 aromatic heterocycles. The number of benzene rings is 1. The maximum Gasteiger partial charge on any atom is 0.313 e. The predicted molar refractivity (Wildman–Crippen MR) is 103 cm³/mol. The summed E-state index contributed by atoms with van der Waals surface area (Å²) in [7, 11) is 1.53. The number of hydrogen-bond donors (Lipinski definition) is 2. The molecule has 1 unspecified atom stereocenters. The van der Waals surface area contributed by atoms with Gasteiger partial charge in [-0.25, -0.2) is 0 Å². The lowest BCUT2D eigenvalue weighted by Crippen LogP contribution is -2.39. The molecule has 0 aliphatic carbocycles. The van der Waals surface area contributed by atoms with Crippen LogP contribution in [0, 0.1) is 13.8 Å². The van der Waals surface area contributed by atoms with Crippen molar-refractivity contribution in [2.45, 2.75) is 19.9 Å². The summed E-state index contributed by atoms with van der Waals surface area (Å²) < 4.78 is 12.4. The van der Waals surface area contributed by atoms with Crippen molar-refractivity contribution in [3.63, 3.8) is 0 Å². The molecular weight excluding hydrogens is 360 g/mol. The van der Waals surface area contributed by atoms with E-state index in [2.05, 4.69) is 15.7 Å². The average Bonchev–Trinajstić information content (AvgIpc) is 3.32. The lowest BCUT2D eigenvalue weighted by molar-refractivity contribution is -0.136. The topological polar surface area (TPSA) is 98.4 Å². The second-order valence-electron chi connectivity index (χ2n) is 6.30. The van der Waals surface area contributed by atoms with E-state index in [4.69, 9.17) is 9.15 Å². The zero-order chi connectivity index (χ0) is 20.1. The molecule has 2 N–H and O–H groups in total. The van der Waals surface area contributed by atoms with Gasteiger partial charge in [-0.1, -0.05) is 6.07 Å². The maximum atomic E-state index is 12.3. The number of ether oxygens (including phenoxy) is 1. The van der Waals surface area contributed by atoms with E-state index < -0.39 is 11.8 Å². The van der Waals surface area contributed by atoms with E-state index >= 15 is 0 Å². The summed E-state index contributed by atoms with van der Waals surface area (Å²) in [5.41, 5.74) is 2.26. The fraction of sp³-hybridized carbons (Fsp3) is 0.250. The number of carbonyl (C=O) groups excluding carboxylic acids is 2. The van der Waals surface area contributed by atoms with Gasteiger partial charge in [0.1, 0.15) is 17.6 Å². The van der Waals surface area contributed by atoms with E-state index in [1.54, 1.807) is 41.3 Å². The second kappa shape index (κ2) is 8.43. The molecule has 0 saturated heterocycles. The van der Waals surface area contributed by atoms with Crippen molar-refractivity contribution in [3.05, 3.63) is 65.9 Å². The molecule has 0 saturated carbocycles. The van der Waals surface area contributed by atoms with Crippen LogP contribution >= 0.6 is 0 Å². The molecule has 1 atom stereocenters. The van der Waals surface area contributed by atoms with E-state index in [-0.39, 0.29) is 12.6 Å². The molecule has 8 heteroatoms. The molecule has 0 radical (unpaired) electrons. The minimum absolute atomic E-state index is 0.153. The summed E-state index contributed by atoms with van der Waals surface area (Å²) in [4.78, 5) is 24.5. The highest BCUT2D eigenvalue weighted by atomic mass is 16.5. The maximum absolute atomic E-state index is 12.3. The molecule has 3 rings (SSSR count). The summed E-state index contributed by atoms with van der Waals surface area (Å²) >= 11 is 0. The first-order valence-corrected chi connectivity index (χ1v) is 8.77. The average molecular weight is 382 g/mol. The second-order valence-corrected chi connectivity index (χ2v) is 6.30. The van der Waals surface area contributed by atoms with Crippen LogP contribution in [-0.2, 0) is 9.59 Å². The number of hydrogen-bond acceptors (Lipinski definition) is 5. The number of rotatable bonds is 6. The van der Waals surface area contributed by atoms with Crippen molar-refractivity contribution >= 4 is 17.5 Å². The summed E-state index contributed by atoms with van der Waals surface area (Å²) in [5.74, 6) is -0.291. The first-order valence-electron chi connectivity index (χ1n) is 8.77. The quantitative estimate of drug-likeness (QED) is 0.638. The highest BCUT2D eigenvalue weighted by Crippen LogP contribution is 2.20. The molecule has 1 aromatic carbocycles. The number of methoxy groups -OCH3 is 1. The van der Waals surface area contributed by atoms with Gasteiger partial charge in [0.05, 0.1) is 19.1 Å². The van der Waals surface area contributed by atoms with Crippen molar-refractivity contribution in [1.82, 2.24) is 15.1 Å². The number of aromatic nitrogens is 2. The molecule has 2 amide bonds. The van der Waals surface area contributed by atoms with Crippen LogP contribution in [0.4, 0.5) is 5.69 Å². The Balaban J connectivity index is 1.68. The largest absolute Gasteiger partial charge is 0.497 e. The van der Waals surface area contributed by atoms with Crippen LogP contribution < -0.4 is 15.4 Å². The molecule has 146 valence electrons. The van der Waals surface area contributed by atoms with E-state index in [9.17, 15) is 9.59 Å². The summed E-state index contributed by atoms with van der Waals surface area (Å²) in [5, 5.41) is 9.67. The third kappa shape index (κ3) is 4.40. The monoisotopic (exact) mass is 382 g/mol. The Hall–Kier alpha value is -3.55. The van der Waals surface area contributed by atoms with Gasteiger partial charge in [0.2, 0.25) is 0 Å². The number of nitrogens with one attached hydrogen (secondary N) is 2. The normalized spacial score (nSPS) is 11.7. The van der Waals surface area contributed by atoms with Gasteiger partial charge in [0.15, 0.2) is 0 Å². The van der Waals surface area contributed by atoms with Gasteiger partial charge in [-0.2, -0.15) is 5.10 Å². The van der Waals surface area contributed by atoms with E-state index in [0.29, 0.717) is 17.2 Å². The molecule has 2 heterocycles. The van der Waals surface area contributed by atoms with Crippen LogP contribution in [-0.4, -0.2) is 35.2 Å². The van der Waals surface area contributed by atoms with Gasteiger partial charge >= 0.3 is 11.8 Å². The van der Waals surface area contributed by atoms with E-state index in [0.717, 1.165) is 11.4 Å². The Bertz CT molecular complexity index is 963. The highest BCUT2D eigenvalue weighted by Gasteiger charge is 2.22. The Morgan fingerprint density at radius 1 is 1.18 bits per heavy atom. The molecular formula is C20H22N4O4. The molecule has 0 aliphatic rings. The number of anilines is 1. The zero-order valence-corrected chi connectivity index (χ0v) is 15.9. The van der Waals surface area contributed by atoms with Gasteiger partial charge in [0, 0.05) is 24.0 Å². The summed E-state index contributed by atoms with van der Waals surface area (Å²) in [6, 6.07) is 11.9. The van der Waals surface area contributed by atoms with Crippen molar-refractivity contribution in [2.24, 2.45) is 0 Å². The lowest BCUT2D eigenvalue weighted by Gasteiger charge is -2.18. The number of aryl methyl sites for hydroxylation is 2. The van der Waals surface area contributed by atoms with Crippen LogP contribution in [0.1, 0.15) is 23.2 Å².